The van der Waals surface area contributed by atoms with E-state index in [2.05, 4.69) is 33.0 Å². The number of hydrogen-bond acceptors (Lipinski definition) is 1. The number of nitrogens with one attached hydrogen (secondary N) is 1. The summed E-state index contributed by atoms with van der Waals surface area (Å²) in [5.41, 5.74) is 0.502. The summed E-state index contributed by atoms with van der Waals surface area (Å²) < 4.78 is 0. The van der Waals surface area contributed by atoms with Crippen molar-refractivity contribution in [2.45, 2.75) is 34.1 Å². The predicted molar refractivity (Wildman–Crippen MR) is 49.6 cm³/mol. The van der Waals surface area contributed by atoms with Gasteiger partial charge in [0.05, 0.1) is 0 Å². The largest absolute Gasteiger partial charge is 0.316 e. The van der Waals surface area contributed by atoms with Crippen molar-refractivity contribution in [2.75, 3.05) is 13.1 Å². The molecule has 1 aliphatic heterocycles. The van der Waals surface area contributed by atoms with Crippen LogP contribution in [-0.2, 0) is 0 Å². The van der Waals surface area contributed by atoms with Crippen molar-refractivity contribution >= 4 is 0 Å². The summed E-state index contributed by atoms with van der Waals surface area (Å²) >= 11 is 0. The van der Waals surface area contributed by atoms with Crippen molar-refractivity contribution in [1.29, 1.82) is 0 Å². The molecule has 1 unspecified atom stereocenters. The van der Waals surface area contributed by atoms with Crippen LogP contribution in [0.4, 0.5) is 0 Å². The summed E-state index contributed by atoms with van der Waals surface area (Å²) in [4.78, 5) is 0. The highest BCUT2D eigenvalue weighted by molar-refractivity contribution is 4.83. The summed E-state index contributed by atoms with van der Waals surface area (Å²) in [5, 5.41) is 3.44. The molecule has 1 heterocycles. The SMILES string of the molecule is C[C@@H]1CNCCC1C(C)(C)C. The smallest absolute Gasteiger partial charge is 0.00203 e. The van der Waals surface area contributed by atoms with E-state index in [9.17, 15) is 0 Å². The molecule has 0 amide bonds. The van der Waals surface area contributed by atoms with E-state index in [4.69, 9.17) is 0 Å². The van der Waals surface area contributed by atoms with Crippen LogP contribution in [0.3, 0.4) is 0 Å². The summed E-state index contributed by atoms with van der Waals surface area (Å²) in [6.45, 7) is 11.9. The molecule has 1 nitrogen and oxygen atoms in total. The molecule has 1 fully saturated rings. The quantitative estimate of drug-likeness (QED) is 0.566. The summed E-state index contributed by atoms with van der Waals surface area (Å²) in [6, 6.07) is 0. The fourth-order valence-electron chi connectivity index (χ4n) is 2.30. The molecule has 0 spiro atoms. The standard InChI is InChI=1S/C10H21N/c1-8-7-11-6-5-9(8)10(2,3)4/h8-9,11H,5-7H2,1-4H3/t8-,9?/m1/s1. The summed E-state index contributed by atoms with van der Waals surface area (Å²) in [6.07, 6.45) is 1.35. The van der Waals surface area contributed by atoms with E-state index >= 15 is 0 Å². The normalized spacial score (nSPS) is 33.8. The Bertz CT molecular complexity index is 123. The van der Waals surface area contributed by atoms with Gasteiger partial charge in [0, 0.05) is 0 Å². The average molecular weight is 155 g/mol. The van der Waals surface area contributed by atoms with Crippen LogP contribution in [0, 0.1) is 17.3 Å². The van der Waals surface area contributed by atoms with Gasteiger partial charge in [0.2, 0.25) is 0 Å². The van der Waals surface area contributed by atoms with Crippen LogP contribution in [0.5, 0.6) is 0 Å². The van der Waals surface area contributed by atoms with Crippen molar-refractivity contribution in [3.63, 3.8) is 0 Å². The van der Waals surface area contributed by atoms with Gasteiger partial charge in [-0.25, -0.2) is 0 Å². The molecule has 0 saturated carbocycles. The number of piperidine rings is 1. The lowest BCUT2D eigenvalue weighted by atomic mass is 9.70. The Morgan fingerprint density at radius 3 is 2.27 bits per heavy atom. The highest BCUT2D eigenvalue weighted by Gasteiger charge is 2.30. The molecule has 1 N–H and O–H groups in total. The molecule has 0 aliphatic carbocycles. The Morgan fingerprint density at radius 1 is 1.27 bits per heavy atom. The maximum atomic E-state index is 3.44. The predicted octanol–water partition coefficient (Wildman–Crippen LogP) is 2.28. The fourth-order valence-corrected chi connectivity index (χ4v) is 2.30. The van der Waals surface area contributed by atoms with Crippen molar-refractivity contribution < 1.29 is 0 Å². The molecule has 0 aromatic heterocycles. The molecule has 2 atom stereocenters. The number of hydrogen-bond donors (Lipinski definition) is 1. The van der Waals surface area contributed by atoms with E-state index in [1.54, 1.807) is 0 Å². The minimum Gasteiger partial charge on any atom is -0.316 e. The first-order valence-electron chi connectivity index (χ1n) is 4.72. The Labute approximate surface area is 70.6 Å². The van der Waals surface area contributed by atoms with E-state index in [-0.39, 0.29) is 0 Å². The molecule has 1 rings (SSSR count). The van der Waals surface area contributed by atoms with Crippen LogP contribution >= 0.6 is 0 Å². The molecule has 0 aromatic carbocycles. The molecular weight excluding hydrogens is 134 g/mol. The molecule has 1 aliphatic rings. The van der Waals surface area contributed by atoms with E-state index in [0.717, 1.165) is 11.8 Å². The first kappa shape index (κ1) is 9.05. The van der Waals surface area contributed by atoms with Crippen molar-refractivity contribution in [3.8, 4) is 0 Å². The first-order valence-corrected chi connectivity index (χ1v) is 4.72. The zero-order valence-corrected chi connectivity index (χ0v) is 8.28. The molecule has 1 saturated heterocycles. The average Bonchev–Trinajstić information content (AvgIpc) is 1.86. The van der Waals surface area contributed by atoms with Crippen molar-refractivity contribution in [3.05, 3.63) is 0 Å². The van der Waals surface area contributed by atoms with Gasteiger partial charge >= 0.3 is 0 Å². The molecule has 0 aromatic rings. The second-order valence-electron chi connectivity index (χ2n) is 4.94. The van der Waals surface area contributed by atoms with Crippen LogP contribution in [0.1, 0.15) is 34.1 Å². The topological polar surface area (TPSA) is 12.0 Å². The lowest BCUT2D eigenvalue weighted by Gasteiger charge is -2.39. The zero-order valence-electron chi connectivity index (χ0n) is 8.28. The van der Waals surface area contributed by atoms with E-state index in [1.165, 1.54) is 19.5 Å². The Kier molecular flexibility index (Phi) is 2.58. The lowest BCUT2D eigenvalue weighted by Crippen LogP contribution is -2.40. The van der Waals surface area contributed by atoms with Crippen LogP contribution in [0.15, 0.2) is 0 Å². The van der Waals surface area contributed by atoms with Gasteiger partial charge in [-0.05, 0) is 36.8 Å². The summed E-state index contributed by atoms with van der Waals surface area (Å²) in [7, 11) is 0. The van der Waals surface area contributed by atoms with E-state index < -0.39 is 0 Å². The molecule has 0 bridgehead atoms. The van der Waals surface area contributed by atoms with Gasteiger partial charge in [-0.1, -0.05) is 27.7 Å². The van der Waals surface area contributed by atoms with Gasteiger partial charge in [-0.2, -0.15) is 0 Å². The van der Waals surface area contributed by atoms with Gasteiger partial charge in [-0.15, -0.1) is 0 Å². The fraction of sp³-hybridized carbons (Fsp3) is 1.00. The maximum Gasteiger partial charge on any atom is -0.00203 e. The Hall–Kier alpha value is -0.0400. The number of rotatable bonds is 0. The highest BCUT2D eigenvalue weighted by Crippen LogP contribution is 2.35. The van der Waals surface area contributed by atoms with Gasteiger partial charge in [0.15, 0.2) is 0 Å². The zero-order chi connectivity index (χ0) is 8.48. The highest BCUT2D eigenvalue weighted by atomic mass is 14.9. The first-order chi connectivity index (χ1) is 5.02. The maximum absolute atomic E-state index is 3.44. The Balaban J connectivity index is 2.55. The molecule has 0 radical (unpaired) electrons. The van der Waals surface area contributed by atoms with Crippen LogP contribution in [0.2, 0.25) is 0 Å². The van der Waals surface area contributed by atoms with Gasteiger partial charge in [0.25, 0.3) is 0 Å². The van der Waals surface area contributed by atoms with Crippen LogP contribution in [-0.4, -0.2) is 13.1 Å². The second kappa shape index (κ2) is 3.14. The second-order valence-corrected chi connectivity index (χ2v) is 4.94. The van der Waals surface area contributed by atoms with Gasteiger partial charge in [0.1, 0.15) is 0 Å². The third-order valence-corrected chi connectivity index (χ3v) is 2.90. The molecule has 11 heavy (non-hydrogen) atoms. The summed E-state index contributed by atoms with van der Waals surface area (Å²) in [5.74, 6) is 1.76. The van der Waals surface area contributed by atoms with Crippen molar-refractivity contribution in [1.82, 2.24) is 5.32 Å². The Morgan fingerprint density at radius 2 is 1.91 bits per heavy atom. The van der Waals surface area contributed by atoms with E-state index in [1.807, 2.05) is 0 Å². The van der Waals surface area contributed by atoms with Crippen LogP contribution < -0.4 is 5.32 Å². The third-order valence-electron chi connectivity index (χ3n) is 2.90. The minimum absolute atomic E-state index is 0.502. The monoisotopic (exact) mass is 155 g/mol. The molecular formula is C10H21N. The van der Waals surface area contributed by atoms with Gasteiger partial charge in [-0.3, -0.25) is 0 Å². The molecule has 66 valence electrons. The van der Waals surface area contributed by atoms with Gasteiger partial charge < -0.3 is 5.32 Å². The lowest BCUT2D eigenvalue weighted by molar-refractivity contribution is 0.130. The van der Waals surface area contributed by atoms with Crippen molar-refractivity contribution in [2.24, 2.45) is 17.3 Å². The third kappa shape index (κ3) is 2.19. The van der Waals surface area contributed by atoms with Crippen LogP contribution in [0.25, 0.3) is 0 Å². The molecule has 1 heteroatoms. The van der Waals surface area contributed by atoms with E-state index in [0.29, 0.717) is 5.41 Å². The minimum atomic E-state index is 0.502.